The Morgan fingerprint density at radius 3 is 2.42 bits per heavy atom. The van der Waals surface area contributed by atoms with Gasteiger partial charge in [0.1, 0.15) is 5.69 Å². The number of hydrogen-bond donors (Lipinski definition) is 1. The number of nitrogens with one attached hydrogen (secondary N) is 1. The molecule has 3 aromatic carbocycles. The molecule has 4 rings (SSSR count). The third-order valence-electron chi connectivity index (χ3n) is 5.65. The first-order chi connectivity index (χ1) is 16.0. The lowest BCUT2D eigenvalue weighted by Crippen LogP contribution is -2.22. The van der Waals surface area contributed by atoms with Gasteiger partial charge in [-0.15, -0.1) is 0 Å². The molecule has 1 amide bonds. The average molecular weight is 439 g/mol. The van der Waals surface area contributed by atoms with Gasteiger partial charge in [0, 0.05) is 18.8 Å². The van der Waals surface area contributed by atoms with Crippen LogP contribution in [0.4, 0.5) is 11.4 Å². The minimum absolute atomic E-state index is 0.260. The first kappa shape index (κ1) is 22.0. The van der Waals surface area contributed by atoms with Gasteiger partial charge in [0.25, 0.3) is 11.5 Å². The number of carbonyl (C=O) groups is 1. The molecule has 1 aromatic heterocycles. The molecule has 0 unspecified atom stereocenters. The number of nitrogens with zero attached hydrogens (tertiary/aromatic N) is 3. The second kappa shape index (κ2) is 9.53. The molecule has 0 saturated heterocycles. The van der Waals surface area contributed by atoms with E-state index in [-0.39, 0.29) is 17.2 Å². The van der Waals surface area contributed by atoms with Crippen LogP contribution in [0, 0.1) is 6.92 Å². The molecule has 1 N–H and O–H groups in total. The molecule has 0 radical (unpaired) electrons. The van der Waals surface area contributed by atoms with E-state index in [9.17, 15) is 9.59 Å². The highest BCUT2D eigenvalue weighted by Gasteiger charge is 2.18. The highest BCUT2D eigenvalue weighted by atomic mass is 16.2. The Hall–Kier alpha value is -4.19. The van der Waals surface area contributed by atoms with Crippen molar-refractivity contribution in [2.24, 2.45) is 12.0 Å². The molecule has 0 aliphatic carbocycles. The summed E-state index contributed by atoms with van der Waals surface area (Å²) in [7, 11) is 1.79. The Morgan fingerprint density at radius 2 is 1.73 bits per heavy atom. The van der Waals surface area contributed by atoms with Gasteiger partial charge in [-0.3, -0.25) is 19.3 Å². The molecule has 0 fully saturated rings. The van der Waals surface area contributed by atoms with Gasteiger partial charge in [-0.2, -0.15) is 0 Å². The Kier molecular flexibility index (Phi) is 6.36. The van der Waals surface area contributed by atoms with E-state index in [1.165, 1.54) is 10.2 Å². The summed E-state index contributed by atoms with van der Waals surface area (Å²) in [5, 5.41) is 2.79. The summed E-state index contributed by atoms with van der Waals surface area (Å²) in [4.78, 5) is 30.5. The predicted octanol–water partition coefficient (Wildman–Crippen LogP) is 5.05. The molecule has 0 aliphatic heterocycles. The van der Waals surface area contributed by atoms with Gasteiger partial charge in [-0.25, -0.2) is 4.68 Å². The molecule has 4 aromatic rings. The number of aliphatic imine (C=N–C) groups is 1. The fraction of sp³-hybridized carbons (Fsp3) is 0.148. The molecule has 0 saturated carbocycles. The molecule has 0 atom stereocenters. The molecular formula is C27H26N4O2. The van der Waals surface area contributed by atoms with Crippen molar-refractivity contribution in [2.45, 2.75) is 20.3 Å². The maximum Gasteiger partial charge on any atom is 0.295 e. The van der Waals surface area contributed by atoms with E-state index in [0.29, 0.717) is 16.9 Å². The third-order valence-corrected chi connectivity index (χ3v) is 5.65. The molecule has 0 spiro atoms. The van der Waals surface area contributed by atoms with Crippen molar-refractivity contribution in [1.29, 1.82) is 0 Å². The number of aromatic nitrogens is 2. The van der Waals surface area contributed by atoms with Crippen molar-refractivity contribution < 1.29 is 4.79 Å². The first-order valence-electron chi connectivity index (χ1n) is 10.9. The van der Waals surface area contributed by atoms with Crippen LogP contribution in [-0.2, 0) is 13.5 Å². The second-order valence-corrected chi connectivity index (χ2v) is 7.79. The van der Waals surface area contributed by atoms with Crippen LogP contribution in [0.5, 0.6) is 0 Å². The summed E-state index contributed by atoms with van der Waals surface area (Å²) in [5.41, 5.74) is 4.74. The van der Waals surface area contributed by atoms with E-state index in [1.807, 2.05) is 48.5 Å². The van der Waals surface area contributed by atoms with Gasteiger partial charge in [0.15, 0.2) is 0 Å². The van der Waals surface area contributed by atoms with Gasteiger partial charge in [0.2, 0.25) is 0 Å². The Balaban J connectivity index is 1.56. The van der Waals surface area contributed by atoms with Crippen LogP contribution in [-0.4, -0.2) is 21.5 Å². The Morgan fingerprint density at radius 1 is 1.00 bits per heavy atom. The lowest BCUT2D eigenvalue weighted by molar-refractivity contribution is 0.102. The summed E-state index contributed by atoms with van der Waals surface area (Å²) >= 11 is 0. The SMILES string of the molecule is CCc1ccc(C=Nc2cccc(C(=O)Nc3c(C)n(C)n(-c4ccccc4)c3=O)c2)cc1. The molecule has 166 valence electrons. The zero-order valence-corrected chi connectivity index (χ0v) is 18.9. The normalized spacial score (nSPS) is 11.1. The maximum atomic E-state index is 13.1. The van der Waals surface area contributed by atoms with E-state index in [4.69, 9.17) is 0 Å². The molecular weight excluding hydrogens is 412 g/mol. The fourth-order valence-electron chi connectivity index (χ4n) is 3.61. The lowest BCUT2D eigenvalue weighted by atomic mass is 10.1. The smallest absolute Gasteiger partial charge is 0.295 e. The number of carbonyl (C=O) groups excluding carboxylic acids is 1. The zero-order valence-electron chi connectivity index (χ0n) is 18.9. The van der Waals surface area contributed by atoms with Crippen LogP contribution < -0.4 is 10.9 Å². The number of amides is 1. The van der Waals surface area contributed by atoms with Crippen LogP contribution in [0.25, 0.3) is 5.69 Å². The molecule has 1 heterocycles. The summed E-state index contributed by atoms with van der Waals surface area (Å²) in [6.07, 6.45) is 2.77. The monoisotopic (exact) mass is 438 g/mol. The minimum Gasteiger partial charge on any atom is -0.316 e. The largest absolute Gasteiger partial charge is 0.316 e. The average Bonchev–Trinajstić information content (AvgIpc) is 3.06. The Labute approximate surface area is 192 Å². The predicted molar refractivity (Wildman–Crippen MR) is 133 cm³/mol. The maximum absolute atomic E-state index is 13.1. The van der Waals surface area contributed by atoms with Crippen molar-refractivity contribution in [2.75, 3.05) is 5.32 Å². The first-order valence-corrected chi connectivity index (χ1v) is 10.9. The van der Waals surface area contributed by atoms with Crippen molar-refractivity contribution in [3.63, 3.8) is 0 Å². The zero-order chi connectivity index (χ0) is 23.4. The van der Waals surface area contributed by atoms with E-state index in [0.717, 1.165) is 17.7 Å². The number of anilines is 1. The molecule has 0 bridgehead atoms. The lowest BCUT2D eigenvalue weighted by Gasteiger charge is -2.07. The Bertz CT molecular complexity index is 1360. The second-order valence-electron chi connectivity index (χ2n) is 7.79. The van der Waals surface area contributed by atoms with Gasteiger partial charge < -0.3 is 5.32 Å². The highest BCUT2D eigenvalue weighted by molar-refractivity contribution is 6.05. The van der Waals surface area contributed by atoms with Crippen molar-refractivity contribution in [3.8, 4) is 5.69 Å². The van der Waals surface area contributed by atoms with Crippen LogP contribution in [0.1, 0.15) is 34.1 Å². The molecule has 6 heteroatoms. The quantitative estimate of drug-likeness (QED) is 0.428. The minimum atomic E-state index is -0.356. The number of para-hydroxylation sites is 1. The van der Waals surface area contributed by atoms with Gasteiger partial charge in [0.05, 0.1) is 17.1 Å². The number of hydrogen-bond acceptors (Lipinski definition) is 3. The summed E-state index contributed by atoms with van der Waals surface area (Å²) < 4.78 is 3.27. The highest BCUT2D eigenvalue weighted by Crippen LogP contribution is 2.18. The fourth-order valence-corrected chi connectivity index (χ4v) is 3.61. The standard InChI is InChI=1S/C27H26N4O2/c1-4-20-13-15-21(16-14-20)18-28-23-10-8-9-22(17-23)26(32)29-25-19(2)30(3)31(27(25)33)24-11-6-5-7-12-24/h5-18H,4H2,1-3H3,(H,29,32). The van der Waals surface area contributed by atoms with Crippen molar-refractivity contribution in [3.05, 3.63) is 112 Å². The summed E-state index contributed by atoms with van der Waals surface area (Å²) in [5.74, 6) is -0.356. The molecule has 6 nitrogen and oxygen atoms in total. The number of aryl methyl sites for hydroxylation is 1. The van der Waals surface area contributed by atoms with Crippen LogP contribution in [0.15, 0.2) is 88.6 Å². The van der Waals surface area contributed by atoms with Crippen molar-refractivity contribution in [1.82, 2.24) is 9.36 Å². The van der Waals surface area contributed by atoms with Gasteiger partial charge >= 0.3 is 0 Å². The van der Waals surface area contributed by atoms with Gasteiger partial charge in [-0.1, -0.05) is 55.5 Å². The topological polar surface area (TPSA) is 68.4 Å². The van der Waals surface area contributed by atoms with Crippen molar-refractivity contribution >= 4 is 23.5 Å². The van der Waals surface area contributed by atoms with E-state index >= 15 is 0 Å². The van der Waals surface area contributed by atoms with Gasteiger partial charge in [-0.05, 0) is 54.8 Å². The van der Waals surface area contributed by atoms with Crippen LogP contribution in [0.2, 0.25) is 0 Å². The summed E-state index contributed by atoms with van der Waals surface area (Å²) in [6.45, 7) is 3.93. The third kappa shape index (κ3) is 4.70. The number of benzene rings is 3. The van der Waals surface area contributed by atoms with E-state index in [1.54, 1.807) is 43.1 Å². The summed E-state index contributed by atoms with van der Waals surface area (Å²) in [6, 6.07) is 24.6. The van der Waals surface area contributed by atoms with Crippen LogP contribution >= 0.6 is 0 Å². The number of rotatable bonds is 6. The van der Waals surface area contributed by atoms with E-state index in [2.05, 4.69) is 29.4 Å². The van der Waals surface area contributed by atoms with E-state index < -0.39 is 0 Å². The van der Waals surface area contributed by atoms with Crippen LogP contribution in [0.3, 0.4) is 0 Å². The molecule has 0 aliphatic rings. The molecule has 33 heavy (non-hydrogen) atoms.